The molecule has 0 aliphatic carbocycles. The first kappa shape index (κ1) is 17.2. The van der Waals surface area contributed by atoms with Gasteiger partial charge in [-0.25, -0.2) is 13.4 Å². The van der Waals surface area contributed by atoms with Gasteiger partial charge in [-0.05, 0) is 46.2 Å². The highest BCUT2D eigenvalue weighted by molar-refractivity contribution is 9.10. The van der Waals surface area contributed by atoms with Gasteiger partial charge in [0.25, 0.3) is 0 Å². The van der Waals surface area contributed by atoms with Crippen LogP contribution in [-0.2, 0) is 10.0 Å². The maximum absolute atomic E-state index is 12.7. The molecule has 0 atom stereocenters. The van der Waals surface area contributed by atoms with Crippen LogP contribution in [0.3, 0.4) is 0 Å². The molecule has 4 nitrogen and oxygen atoms in total. The molecule has 0 saturated carbocycles. The van der Waals surface area contributed by atoms with Crippen LogP contribution in [0.15, 0.2) is 21.6 Å². The van der Waals surface area contributed by atoms with Crippen molar-refractivity contribution in [2.75, 3.05) is 13.1 Å². The number of nitrogens with zero attached hydrogens (tertiary/aromatic N) is 2. The average molecular weight is 396 g/mol. The Hall–Kier alpha value is -0.170. The predicted octanol–water partition coefficient (Wildman–Crippen LogP) is 3.94. The summed E-state index contributed by atoms with van der Waals surface area (Å²) in [5, 5.41) is 0.0242. The lowest BCUT2D eigenvalue weighted by Crippen LogP contribution is -2.41. The molecular formula is C14H20BrClN2O2S. The summed E-state index contributed by atoms with van der Waals surface area (Å²) < 4.78 is 27.5. The zero-order valence-electron chi connectivity index (χ0n) is 12.4. The van der Waals surface area contributed by atoms with Crippen molar-refractivity contribution in [3.63, 3.8) is 0 Å². The number of halogens is 2. The van der Waals surface area contributed by atoms with Gasteiger partial charge >= 0.3 is 0 Å². The zero-order chi connectivity index (χ0) is 15.8. The molecule has 21 heavy (non-hydrogen) atoms. The van der Waals surface area contributed by atoms with Crippen LogP contribution in [0.5, 0.6) is 0 Å². The fraction of sp³-hybridized carbons (Fsp3) is 0.643. The summed E-state index contributed by atoms with van der Waals surface area (Å²) in [4.78, 5) is 3.98. The van der Waals surface area contributed by atoms with Crippen LogP contribution in [0, 0.1) is 11.3 Å². The van der Waals surface area contributed by atoms with Crippen LogP contribution in [-0.4, -0.2) is 30.8 Å². The lowest BCUT2D eigenvalue weighted by Gasteiger charge is -2.38. The van der Waals surface area contributed by atoms with E-state index in [1.165, 1.54) is 16.6 Å². The minimum atomic E-state index is -3.58. The van der Waals surface area contributed by atoms with Crippen molar-refractivity contribution < 1.29 is 8.42 Å². The molecule has 2 rings (SSSR count). The van der Waals surface area contributed by atoms with Crippen molar-refractivity contribution in [2.24, 2.45) is 11.3 Å². The molecular weight excluding hydrogens is 376 g/mol. The van der Waals surface area contributed by atoms with Crippen molar-refractivity contribution in [1.29, 1.82) is 0 Å². The molecule has 0 aromatic carbocycles. The van der Waals surface area contributed by atoms with E-state index < -0.39 is 10.0 Å². The smallest absolute Gasteiger partial charge is 0.242 e. The highest BCUT2D eigenvalue weighted by Crippen LogP contribution is 2.36. The summed E-state index contributed by atoms with van der Waals surface area (Å²) in [7, 11) is -3.58. The molecule has 0 bridgehead atoms. The van der Waals surface area contributed by atoms with Gasteiger partial charge in [-0.2, -0.15) is 4.31 Å². The predicted molar refractivity (Wildman–Crippen MR) is 87.9 cm³/mol. The lowest BCUT2D eigenvalue weighted by atomic mass is 9.76. The Morgan fingerprint density at radius 1 is 1.33 bits per heavy atom. The molecule has 1 aromatic heterocycles. The Labute approximate surface area is 140 Å². The minimum absolute atomic E-state index is 0.0242. The van der Waals surface area contributed by atoms with E-state index in [9.17, 15) is 8.42 Å². The fourth-order valence-electron chi connectivity index (χ4n) is 2.69. The van der Waals surface area contributed by atoms with Gasteiger partial charge in [0.15, 0.2) is 0 Å². The topological polar surface area (TPSA) is 50.3 Å². The second kappa shape index (κ2) is 6.14. The van der Waals surface area contributed by atoms with Crippen LogP contribution in [0.1, 0.15) is 33.6 Å². The van der Waals surface area contributed by atoms with E-state index in [2.05, 4.69) is 41.7 Å². The molecule has 1 aliphatic heterocycles. The summed E-state index contributed by atoms with van der Waals surface area (Å²) in [5.74, 6) is 0.542. The van der Waals surface area contributed by atoms with Crippen LogP contribution < -0.4 is 0 Å². The third-order valence-corrected chi connectivity index (χ3v) is 6.83. The van der Waals surface area contributed by atoms with E-state index in [4.69, 9.17) is 11.6 Å². The summed E-state index contributed by atoms with van der Waals surface area (Å²) in [6.07, 6.45) is 3.25. The van der Waals surface area contributed by atoms with Gasteiger partial charge in [-0.1, -0.05) is 32.4 Å². The Morgan fingerprint density at radius 3 is 2.43 bits per heavy atom. The number of hydrogen-bond acceptors (Lipinski definition) is 3. The van der Waals surface area contributed by atoms with Crippen LogP contribution in [0.4, 0.5) is 0 Å². The van der Waals surface area contributed by atoms with Gasteiger partial charge in [-0.15, -0.1) is 0 Å². The molecule has 0 unspecified atom stereocenters. The molecule has 1 fully saturated rings. The highest BCUT2D eigenvalue weighted by atomic mass is 79.9. The summed E-state index contributed by atoms with van der Waals surface area (Å²) >= 11 is 9.21. The van der Waals surface area contributed by atoms with E-state index in [0.29, 0.717) is 23.5 Å². The first-order valence-electron chi connectivity index (χ1n) is 6.93. The normalized spacial score (nSPS) is 18.9. The van der Waals surface area contributed by atoms with Crippen molar-refractivity contribution >= 4 is 37.6 Å². The number of hydrogen-bond donors (Lipinski definition) is 0. The molecule has 0 radical (unpaired) electrons. The molecule has 0 amide bonds. The fourth-order valence-corrected chi connectivity index (χ4v) is 5.08. The Bertz CT molecular complexity index is 620. The Morgan fingerprint density at radius 2 is 1.90 bits per heavy atom. The molecule has 1 saturated heterocycles. The third kappa shape index (κ3) is 3.78. The average Bonchev–Trinajstić information content (AvgIpc) is 2.40. The Kier molecular flexibility index (Phi) is 5.03. The molecule has 118 valence electrons. The Balaban J connectivity index is 2.21. The maximum atomic E-state index is 12.7. The van der Waals surface area contributed by atoms with Gasteiger partial charge in [-0.3, -0.25) is 0 Å². The minimum Gasteiger partial charge on any atom is -0.242 e. The van der Waals surface area contributed by atoms with Gasteiger partial charge in [0.2, 0.25) is 10.0 Å². The summed E-state index contributed by atoms with van der Waals surface area (Å²) in [6, 6.07) is 1.51. The maximum Gasteiger partial charge on any atom is 0.246 e. The van der Waals surface area contributed by atoms with E-state index in [-0.39, 0.29) is 15.5 Å². The third-order valence-electron chi connectivity index (χ3n) is 4.07. The second-order valence-electron chi connectivity index (χ2n) is 6.49. The summed E-state index contributed by atoms with van der Waals surface area (Å²) in [5.41, 5.74) is 0.213. The van der Waals surface area contributed by atoms with Gasteiger partial charge < -0.3 is 0 Å². The quantitative estimate of drug-likeness (QED) is 0.713. The van der Waals surface area contributed by atoms with E-state index in [1.54, 1.807) is 0 Å². The van der Waals surface area contributed by atoms with Gasteiger partial charge in [0.1, 0.15) is 10.0 Å². The van der Waals surface area contributed by atoms with E-state index in [0.717, 1.165) is 12.8 Å². The molecule has 0 N–H and O–H groups in total. The van der Waals surface area contributed by atoms with Crippen molar-refractivity contribution in [1.82, 2.24) is 9.29 Å². The molecule has 0 spiro atoms. The van der Waals surface area contributed by atoms with Gasteiger partial charge in [0, 0.05) is 23.8 Å². The van der Waals surface area contributed by atoms with Gasteiger partial charge in [0.05, 0.1) is 0 Å². The SMILES string of the molecule is CC(C)(C)C1CCN(S(=O)(=O)c2cc(Br)cnc2Cl)CC1. The number of piperidine rings is 1. The molecule has 7 heteroatoms. The van der Waals surface area contributed by atoms with Crippen molar-refractivity contribution in [3.05, 3.63) is 21.9 Å². The largest absolute Gasteiger partial charge is 0.246 e. The van der Waals surface area contributed by atoms with Crippen molar-refractivity contribution in [2.45, 2.75) is 38.5 Å². The molecule has 2 heterocycles. The molecule has 1 aliphatic rings. The van der Waals surface area contributed by atoms with Crippen LogP contribution >= 0.6 is 27.5 Å². The standard InChI is InChI=1S/C14H20BrClN2O2S/c1-14(2,3)10-4-6-18(7-5-10)21(19,20)12-8-11(15)9-17-13(12)16/h8-10H,4-7H2,1-3H3. The monoisotopic (exact) mass is 394 g/mol. The first-order valence-corrected chi connectivity index (χ1v) is 9.54. The number of pyridine rings is 1. The number of rotatable bonds is 2. The zero-order valence-corrected chi connectivity index (χ0v) is 15.6. The van der Waals surface area contributed by atoms with E-state index in [1.807, 2.05) is 0 Å². The number of sulfonamides is 1. The molecule has 1 aromatic rings. The van der Waals surface area contributed by atoms with E-state index >= 15 is 0 Å². The lowest BCUT2D eigenvalue weighted by molar-refractivity contribution is 0.154. The highest BCUT2D eigenvalue weighted by Gasteiger charge is 2.35. The van der Waals surface area contributed by atoms with Crippen LogP contribution in [0.25, 0.3) is 0 Å². The first-order chi connectivity index (χ1) is 9.62. The summed E-state index contributed by atoms with van der Waals surface area (Å²) in [6.45, 7) is 7.69. The number of aromatic nitrogens is 1. The van der Waals surface area contributed by atoms with Crippen molar-refractivity contribution in [3.8, 4) is 0 Å². The van der Waals surface area contributed by atoms with Crippen LogP contribution in [0.2, 0.25) is 5.15 Å². The second-order valence-corrected chi connectivity index (χ2v) is 9.67.